The summed E-state index contributed by atoms with van der Waals surface area (Å²) in [4.78, 5) is 15.9. The molecule has 0 spiro atoms. The number of aryl methyl sites for hydroxylation is 2. The number of aromatic nitrogens is 1. The topological polar surface area (TPSA) is 65.2 Å². The molecule has 0 atom stereocenters. The van der Waals surface area contributed by atoms with Gasteiger partial charge in [0, 0.05) is 11.1 Å². The zero-order valence-electron chi connectivity index (χ0n) is 10.1. The van der Waals surface area contributed by atoms with Gasteiger partial charge < -0.3 is 10.5 Å². The normalized spacial score (nSPS) is 10.5. The number of carbonyl (C=O) groups excluding carboxylic acids is 1. The molecule has 1 amide bonds. The predicted octanol–water partition coefficient (Wildman–Crippen LogP) is 1.96. The number of methoxy groups -OCH3 is 1. The monoisotopic (exact) mass is 230 g/mol. The highest BCUT2D eigenvalue weighted by Crippen LogP contribution is 2.29. The van der Waals surface area contributed by atoms with E-state index in [2.05, 4.69) is 4.98 Å². The molecule has 0 bridgehead atoms. The first-order valence-corrected chi connectivity index (χ1v) is 5.29. The lowest BCUT2D eigenvalue weighted by molar-refractivity contribution is 0.0999. The SMILES string of the molecule is COc1ccc2nc(C)cc(C)c2c1C(N)=O. The molecule has 17 heavy (non-hydrogen) atoms. The van der Waals surface area contributed by atoms with Gasteiger partial charge in [-0.2, -0.15) is 0 Å². The van der Waals surface area contributed by atoms with Crippen molar-refractivity contribution in [1.29, 1.82) is 0 Å². The number of pyridine rings is 1. The fourth-order valence-corrected chi connectivity index (χ4v) is 2.09. The van der Waals surface area contributed by atoms with Gasteiger partial charge >= 0.3 is 0 Å². The minimum Gasteiger partial charge on any atom is -0.496 e. The Bertz CT molecular complexity index is 606. The Morgan fingerprint density at radius 3 is 2.65 bits per heavy atom. The Balaban J connectivity index is 2.94. The first-order valence-electron chi connectivity index (χ1n) is 5.29. The molecule has 0 unspecified atom stereocenters. The van der Waals surface area contributed by atoms with E-state index < -0.39 is 5.91 Å². The summed E-state index contributed by atoms with van der Waals surface area (Å²) in [6, 6.07) is 5.48. The van der Waals surface area contributed by atoms with E-state index in [1.165, 1.54) is 7.11 Å². The second kappa shape index (κ2) is 4.05. The summed E-state index contributed by atoms with van der Waals surface area (Å²) < 4.78 is 5.17. The molecular formula is C13H14N2O2. The number of carbonyl (C=O) groups is 1. The molecule has 0 radical (unpaired) electrons. The molecule has 0 saturated carbocycles. The van der Waals surface area contributed by atoms with Crippen LogP contribution in [0.2, 0.25) is 0 Å². The maximum absolute atomic E-state index is 11.5. The van der Waals surface area contributed by atoms with E-state index in [1.807, 2.05) is 26.0 Å². The van der Waals surface area contributed by atoms with Crippen molar-refractivity contribution in [2.45, 2.75) is 13.8 Å². The average Bonchev–Trinajstić information content (AvgIpc) is 2.27. The summed E-state index contributed by atoms with van der Waals surface area (Å²) in [5, 5.41) is 0.766. The van der Waals surface area contributed by atoms with Crippen molar-refractivity contribution < 1.29 is 9.53 Å². The van der Waals surface area contributed by atoms with Gasteiger partial charge in [0.2, 0.25) is 0 Å². The van der Waals surface area contributed by atoms with Crippen LogP contribution in [-0.4, -0.2) is 18.0 Å². The van der Waals surface area contributed by atoms with Gasteiger partial charge in [-0.05, 0) is 37.6 Å². The van der Waals surface area contributed by atoms with E-state index in [1.54, 1.807) is 6.07 Å². The van der Waals surface area contributed by atoms with Gasteiger partial charge in [-0.1, -0.05) is 0 Å². The maximum atomic E-state index is 11.5. The number of ether oxygens (including phenoxy) is 1. The summed E-state index contributed by atoms with van der Waals surface area (Å²) in [7, 11) is 1.52. The van der Waals surface area contributed by atoms with Crippen molar-refractivity contribution in [3.05, 3.63) is 35.0 Å². The molecule has 4 nitrogen and oxygen atoms in total. The summed E-state index contributed by atoms with van der Waals surface area (Å²) >= 11 is 0. The lowest BCUT2D eigenvalue weighted by atomic mass is 10.0. The van der Waals surface area contributed by atoms with Crippen molar-refractivity contribution in [3.8, 4) is 5.75 Å². The number of nitrogens with two attached hydrogens (primary N) is 1. The molecule has 2 aromatic rings. The molecule has 0 saturated heterocycles. The third-order valence-corrected chi connectivity index (χ3v) is 2.73. The molecule has 0 fully saturated rings. The van der Waals surface area contributed by atoms with Crippen LogP contribution < -0.4 is 10.5 Å². The third kappa shape index (κ3) is 1.82. The summed E-state index contributed by atoms with van der Waals surface area (Å²) in [6.45, 7) is 3.85. The maximum Gasteiger partial charge on any atom is 0.253 e. The first-order chi connectivity index (χ1) is 8.04. The van der Waals surface area contributed by atoms with Crippen molar-refractivity contribution in [3.63, 3.8) is 0 Å². The van der Waals surface area contributed by atoms with Gasteiger partial charge in [0.1, 0.15) is 5.75 Å². The molecule has 2 rings (SSSR count). The van der Waals surface area contributed by atoms with Crippen LogP contribution in [-0.2, 0) is 0 Å². The molecule has 88 valence electrons. The zero-order valence-corrected chi connectivity index (χ0v) is 10.1. The molecule has 0 aliphatic heterocycles. The first kappa shape index (κ1) is 11.4. The van der Waals surface area contributed by atoms with Crippen LogP contribution in [0.1, 0.15) is 21.6 Å². The van der Waals surface area contributed by atoms with Crippen LogP contribution in [0.25, 0.3) is 10.9 Å². The minimum atomic E-state index is -0.499. The highest BCUT2D eigenvalue weighted by molar-refractivity contribution is 6.09. The smallest absolute Gasteiger partial charge is 0.253 e. The van der Waals surface area contributed by atoms with Gasteiger partial charge in [-0.3, -0.25) is 9.78 Å². The lowest BCUT2D eigenvalue weighted by Crippen LogP contribution is -2.14. The number of rotatable bonds is 2. The Kier molecular flexibility index (Phi) is 2.71. The second-order valence-corrected chi connectivity index (χ2v) is 3.98. The van der Waals surface area contributed by atoms with Crippen LogP contribution >= 0.6 is 0 Å². The molecule has 0 aliphatic rings. The van der Waals surface area contributed by atoms with Crippen LogP contribution in [0.4, 0.5) is 0 Å². The van der Waals surface area contributed by atoms with Crippen LogP contribution in [0.5, 0.6) is 5.75 Å². The second-order valence-electron chi connectivity index (χ2n) is 3.98. The van der Waals surface area contributed by atoms with E-state index in [0.29, 0.717) is 11.3 Å². The Labute approximate surface area is 99.4 Å². The van der Waals surface area contributed by atoms with Crippen molar-refractivity contribution in [2.24, 2.45) is 5.73 Å². The van der Waals surface area contributed by atoms with E-state index >= 15 is 0 Å². The van der Waals surface area contributed by atoms with Crippen molar-refractivity contribution >= 4 is 16.8 Å². The van der Waals surface area contributed by atoms with Crippen LogP contribution in [0, 0.1) is 13.8 Å². The van der Waals surface area contributed by atoms with E-state index in [9.17, 15) is 4.79 Å². The Morgan fingerprint density at radius 2 is 2.06 bits per heavy atom. The number of amides is 1. The van der Waals surface area contributed by atoms with Crippen LogP contribution in [0.15, 0.2) is 18.2 Å². The zero-order chi connectivity index (χ0) is 12.6. The van der Waals surface area contributed by atoms with E-state index in [0.717, 1.165) is 22.2 Å². The third-order valence-electron chi connectivity index (χ3n) is 2.73. The molecule has 1 heterocycles. The van der Waals surface area contributed by atoms with Crippen molar-refractivity contribution in [1.82, 2.24) is 4.98 Å². The molecule has 4 heteroatoms. The Hall–Kier alpha value is -2.10. The predicted molar refractivity (Wildman–Crippen MR) is 66.3 cm³/mol. The lowest BCUT2D eigenvalue weighted by Gasteiger charge is -2.11. The molecule has 0 aliphatic carbocycles. The van der Waals surface area contributed by atoms with Gasteiger partial charge in [0.15, 0.2) is 0 Å². The summed E-state index contributed by atoms with van der Waals surface area (Å²) in [6.07, 6.45) is 0. The van der Waals surface area contributed by atoms with E-state index in [-0.39, 0.29) is 0 Å². The fraction of sp³-hybridized carbons (Fsp3) is 0.231. The summed E-state index contributed by atoms with van der Waals surface area (Å²) in [5.74, 6) is -0.0139. The number of nitrogens with zero attached hydrogens (tertiary/aromatic N) is 1. The van der Waals surface area contributed by atoms with Gasteiger partial charge in [0.25, 0.3) is 5.91 Å². The highest BCUT2D eigenvalue weighted by atomic mass is 16.5. The van der Waals surface area contributed by atoms with Crippen molar-refractivity contribution in [2.75, 3.05) is 7.11 Å². The number of hydrogen-bond acceptors (Lipinski definition) is 3. The van der Waals surface area contributed by atoms with Crippen LogP contribution in [0.3, 0.4) is 0 Å². The molecule has 1 aromatic carbocycles. The average molecular weight is 230 g/mol. The van der Waals surface area contributed by atoms with Gasteiger partial charge in [-0.25, -0.2) is 0 Å². The standard InChI is InChI=1S/C13H14N2O2/c1-7-6-8(2)15-9-4-5-10(17-3)12(11(7)9)13(14)16/h4-6H,1-3H3,(H2,14,16). The molecular weight excluding hydrogens is 216 g/mol. The molecule has 2 N–H and O–H groups in total. The summed E-state index contributed by atoms with van der Waals surface area (Å²) in [5.41, 5.74) is 8.46. The van der Waals surface area contributed by atoms with E-state index in [4.69, 9.17) is 10.5 Å². The largest absolute Gasteiger partial charge is 0.496 e. The number of benzene rings is 1. The number of fused-ring (bicyclic) bond motifs is 1. The molecule has 1 aromatic heterocycles. The highest BCUT2D eigenvalue weighted by Gasteiger charge is 2.16. The quantitative estimate of drug-likeness (QED) is 0.857. The number of hydrogen-bond donors (Lipinski definition) is 1. The Morgan fingerprint density at radius 1 is 1.35 bits per heavy atom. The fourth-order valence-electron chi connectivity index (χ4n) is 2.09. The minimum absolute atomic E-state index is 0.398. The number of primary amides is 1. The van der Waals surface area contributed by atoms with Gasteiger partial charge in [-0.15, -0.1) is 0 Å². The van der Waals surface area contributed by atoms with Gasteiger partial charge in [0.05, 0.1) is 18.2 Å².